The minimum atomic E-state index is -0.620. The number of hydrazone groups is 1. The van der Waals surface area contributed by atoms with Crippen LogP contribution in [-0.4, -0.2) is 28.2 Å². The first-order valence-corrected chi connectivity index (χ1v) is 12.3. The number of benzene rings is 1. The molecule has 1 amide bonds. The number of aromatic nitrogens is 1. The molecule has 196 valence electrons. The van der Waals surface area contributed by atoms with Gasteiger partial charge in [-0.2, -0.15) is 5.10 Å². The molecule has 0 radical (unpaired) electrons. The van der Waals surface area contributed by atoms with E-state index in [-0.39, 0.29) is 11.7 Å². The number of hydrogen-bond acceptors (Lipinski definition) is 8. The van der Waals surface area contributed by atoms with E-state index < -0.39 is 6.04 Å². The van der Waals surface area contributed by atoms with E-state index in [9.17, 15) is 4.79 Å². The first-order valence-electron chi connectivity index (χ1n) is 12.3. The van der Waals surface area contributed by atoms with E-state index in [0.29, 0.717) is 28.2 Å². The zero-order chi connectivity index (χ0) is 27.1. The number of hydrazine groups is 1. The topological polar surface area (TPSA) is 147 Å². The van der Waals surface area contributed by atoms with Gasteiger partial charge < -0.3 is 31.2 Å². The minimum Gasteiger partial charge on any atom is -0.440 e. The highest BCUT2D eigenvalue weighted by Gasteiger charge is 2.31. The Labute approximate surface area is 217 Å². The fraction of sp³-hybridized carbons (Fsp3) is 0.296. The summed E-state index contributed by atoms with van der Waals surface area (Å²) < 4.78 is 5.57. The number of nitrogens with two attached hydrogens (primary N) is 2. The average Bonchev–Trinajstić information content (AvgIpc) is 3.59. The van der Waals surface area contributed by atoms with E-state index >= 15 is 0 Å². The Morgan fingerprint density at radius 1 is 1.27 bits per heavy atom. The number of fused-ring (bicyclic) bond motifs is 2. The van der Waals surface area contributed by atoms with Crippen molar-refractivity contribution >= 4 is 28.5 Å². The van der Waals surface area contributed by atoms with Crippen molar-refractivity contribution in [3.05, 3.63) is 83.5 Å². The number of nitrogens with one attached hydrogen (secondary N) is 3. The van der Waals surface area contributed by atoms with Crippen LogP contribution in [0.3, 0.4) is 0 Å². The first-order chi connectivity index (χ1) is 17.9. The molecule has 3 aromatic rings. The summed E-state index contributed by atoms with van der Waals surface area (Å²) in [6.07, 6.45) is 2.62. The maximum atomic E-state index is 11.8. The molecule has 1 aromatic carbocycles. The van der Waals surface area contributed by atoms with Gasteiger partial charge in [-0.15, -0.1) is 0 Å². The van der Waals surface area contributed by atoms with Crippen LogP contribution in [0.1, 0.15) is 61.8 Å². The molecule has 0 spiro atoms. The standard InChI is InChI=1S/C13H17N.C12H13N7O2.C2H6/c1-4-11-6-7-12-9-14(5-2)10(3)13(12)8-11;1-5-16-9(11(20)17-5)8-3-6-2-7(10(18-13)19-14)4-15-12(6)21-8;1-2/h6-8H,3-5,9H2,1-2H3;2-4,9,16H,1,13-14H2,(H,17,20)(H,18,19);1-2H3. The number of nitrogens with zero attached hydrogens (tertiary/aromatic N) is 3. The molecule has 1 unspecified atom stereocenters. The van der Waals surface area contributed by atoms with Crippen molar-refractivity contribution in [1.29, 1.82) is 0 Å². The van der Waals surface area contributed by atoms with Gasteiger partial charge >= 0.3 is 0 Å². The van der Waals surface area contributed by atoms with Gasteiger partial charge in [-0.1, -0.05) is 46.1 Å². The zero-order valence-corrected chi connectivity index (χ0v) is 21.9. The average molecular weight is 505 g/mol. The molecule has 37 heavy (non-hydrogen) atoms. The van der Waals surface area contributed by atoms with Crippen molar-refractivity contribution in [1.82, 2.24) is 25.9 Å². The summed E-state index contributed by atoms with van der Waals surface area (Å²) in [4.78, 5) is 18.2. The van der Waals surface area contributed by atoms with E-state index in [1.165, 1.54) is 28.6 Å². The Hall–Kier alpha value is -4.31. The van der Waals surface area contributed by atoms with Crippen LogP contribution in [-0.2, 0) is 17.8 Å². The highest BCUT2D eigenvalue weighted by Crippen LogP contribution is 2.31. The lowest BCUT2D eigenvalue weighted by molar-refractivity contribution is -0.120. The lowest BCUT2D eigenvalue weighted by Gasteiger charge is -2.15. The molecular formula is C27H36N8O2. The van der Waals surface area contributed by atoms with Gasteiger partial charge in [0.15, 0.2) is 11.9 Å². The van der Waals surface area contributed by atoms with Gasteiger partial charge in [0.25, 0.3) is 5.91 Å². The van der Waals surface area contributed by atoms with E-state index in [2.05, 4.69) is 76.2 Å². The van der Waals surface area contributed by atoms with E-state index in [1.807, 2.05) is 13.8 Å². The highest BCUT2D eigenvalue weighted by molar-refractivity contribution is 6.00. The quantitative estimate of drug-likeness (QED) is 0.157. The number of hydrogen-bond donors (Lipinski definition) is 5. The van der Waals surface area contributed by atoms with Gasteiger partial charge in [0, 0.05) is 41.5 Å². The summed E-state index contributed by atoms with van der Waals surface area (Å²) in [5.74, 6) is 11.5. The van der Waals surface area contributed by atoms with Crippen molar-refractivity contribution in [3.63, 3.8) is 0 Å². The molecule has 10 nitrogen and oxygen atoms in total. The number of amidine groups is 1. The SMILES string of the molecule is C=C1NC(=O)C(c2cc3cc(/C(=N/N)NN)cnc3o2)N1.C=C1c2cc(CC)ccc2CN1CC.CC. The van der Waals surface area contributed by atoms with Crippen LogP contribution in [0.5, 0.6) is 0 Å². The molecule has 0 bridgehead atoms. The molecule has 2 aliphatic rings. The van der Waals surface area contributed by atoms with Crippen molar-refractivity contribution in [3.8, 4) is 0 Å². The molecule has 5 rings (SSSR count). The summed E-state index contributed by atoms with van der Waals surface area (Å²) >= 11 is 0. The third kappa shape index (κ3) is 5.75. The summed E-state index contributed by atoms with van der Waals surface area (Å²) in [5, 5.41) is 9.67. The molecule has 0 aliphatic carbocycles. The monoisotopic (exact) mass is 504 g/mol. The smallest absolute Gasteiger partial charge is 0.255 e. The van der Waals surface area contributed by atoms with Crippen LogP contribution in [0.15, 0.2) is 65.0 Å². The summed E-state index contributed by atoms with van der Waals surface area (Å²) in [6, 6.07) is 9.60. The number of furan rings is 1. The van der Waals surface area contributed by atoms with Crippen LogP contribution in [0.25, 0.3) is 16.8 Å². The maximum Gasteiger partial charge on any atom is 0.255 e. The zero-order valence-electron chi connectivity index (χ0n) is 21.9. The van der Waals surface area contributed by atoms with Gasteiger partial charge in [0.1, 0.15) is 5.76 Å². The Kier molecular flexibility index (Phi) is 8.91. The molecule has 2 aromatic heterocycles. The number of aryl methyl sites for hydroxylation is 1. The Morgan fingerprint density at radius 3 is 2.62 bits per heavy atom. The highest BCUT2D eigenvalue weighted by atomic mass is 16.3. The minimum absolute atomic E-state index is 0.230. The third-order valence-electron chi connectivity index (χ3n) is 6.09. The lowest BCUT2D eigenvalue weighted by Crippen LogP contribution is -2.32. The summed E-state index contributed by atoms with van der Waals surface area (Å²) in [6.45, 7) is 18.2. The molecular weight excluding hydrogens is 468 g/mol. The van der Waals surface area contributed by atoms with Gasteiger partial charge in [0.05, 0.1) is 5.82 Å². The molecule has 1 atom stereocenters. The van der Waals surface area contributed by atoms with Crippen LogP contribution < -0.4 is 27.7 Å². The number of amides is 1. The summed E-state index contributed by atoms with van der Waals surface area (Å²) in [5.41, 5.74) is 8.75. The molecule has 1 fully saturated rings. The van der Waals surface area contributed by atoms with Crippen molar-refractivity contribution in [2.24, 2.45) is 16.8 Å². The van der Waals surface area contributed by atoms with Crippen molar-refractivity contribution in [2.45, 2.75) is 46.7 Å². The van der Waals surface area contributed by atoms with Crippen LogP contribution in [0, 0.1) is 0 Å². The maximum absolute atomic E-state index is 11.8. The number of carbonyl (C=O) groups is 1. The third-order valence-corrected chi connectivity index (χ3v) is 6.09. The lowest BCUT2D eigenvalue weighted by atomic mass is 10.0. The molecule has 1 saturated heterocycles. The molecule has 4 heterocycles. The van der Waals surface area contributed by atoms with E-state index in [1.54, 1.807) is 12.1 Å². The predicted octanol–water partition coefficient (Wildman–Crippen LogP) is 3.22. The predicted molar refractivity (Wildman–Crippen MR) is 148 cm³/mol. The largest absolute Gasteiger partial charge is 0.440 e. The second-order valence-electron chi connectivity index (χ2n) is 8.24. The van der Waals surface area contributed by atoms with Crippen molar-refractivity contribution < 1.29 is 9.21 Å². The van der Waals surface area contributed by atoms with Gasteiger partial charge in [-0.3, -0.25) is 4.79 Å². The Bertz CT molecular complexity index is 1330. The van der Waals surface area contributed by atoms with Crippen LogP contribution in [0.4, 0.5) is 0 Å². The molecule has 7 N–H and O–H groups in total. The van der Waals surface area contributed by atoms with Gasteiger partial charge in [-0.25, -0.2) is 10.8 Å². The second-order valence-corrected chi connectivity index (χ2v) is 8.24. The first kappa shape index (κ1) is 27.3. The molecule has 10 heteroatoms. The Morgan fingerprint density at radius 2 is 2.03 bits per heavy atom. The van der Waals surface area contributed by atoms with Crippen molar-refractivity contribution in [2.75, 3.05) is 6.54 Å². The normalized spacial score (nSPS) is 16.4. The number of carbonyl (C=O) groups excluding carboxylic acids is 1. The summed E-state index contributed by atoms with van der Waals surface area (Å²) in [7, 11) is 0. The number of rotatable bonds is 4. The number of pyridine rings is 1. The molecule has 2 aliphatic heterocycles. The van der Waals surface area contributed by atoms with Gasteiger partial charge in [-0.05, 0) is 42.7 Å². The van der Waals surface area contributed by atoms with Crippen LogP contribution in [0.2, 0.25) is 0 Å². The second kappa shape index (κ2) is 12.1. The fourth-order valence-corrected chi connectivity index (χ4v) is 4.14. The molecule has 0 saturated carbocycles. The van der Waals surface area contributed by atoms with E-state index in [0.717, 1.165) is 19.5 Å². The van der Waals surface area contributed by atoms with Gasteiger partial charge in [0.2, 0.25) is 5.71 Å². The van der Waals surface area contributed by atoms with Crippen LogP contribution >= 0.6 is 0 Å². The Balaban J connectivity index is 0.000000207. The van der Waals surface area contributed by atoms with E-state index in [4.69, 9.17) is 16.1 Å². The fourth-order valence-electron chi connectivity index (χ4n) is 4.14.